The standard InChI is InChI=1S/C14H16N/c1-14(2,15)10-11-7-8-12-5-3-4-6-13(12)9-11/h3-9,15H,10H2,1-2H3. The molecule has 0 saturated heterocycles. The molecule has 0 aliphatic carbocycles. The van der Waals surface area contributed by atoms with Crippen molar-refractivity contribution < 1.29 is 0 Å². The molecule has 0 aliphatic rings. The van der Waals surface area contributed by atoms with E-state index in [9.17, 15) is 0 Å². The van der Waals surface area contributed by atoms with E-state index < -0.39 is 0 Å². The van der Waals surface area contributed by atoms with Crippen molar-refractivity contribution in [3.05, 3.63) is 48.0 Å². The number of nitrogens with one attached hydrogen (secondary N) is 1. The molecule has 0 amide bonds. The lowest BCUT2D eigenvalue weighted by Crippen LogP contribution is -2.24. The van der Waals surface area contributed by atoms with Gasteiger partial charge < -0.3 is 0 Å². The van der Waals surface area contributed by atoms with E-state index in [0.29, 0.717) is 0 Å². The highest BCUT2D eigenvalue weighted by atomic mass is 14.7. The van der Waals surface area contributed by atoms with Crippen LogP contribution in [0.5, 0.6) is 0 Å². The molecule has 0 heterocycles. The molecule has 2 aromatic carbocycles. The molecule has 0 atom stereocenters. The molecule has 0 saturated carbocycles. The Labute approximate surface area is 90.9 Å². The van der Waals surface area contributed by atoms with Gasteiger partial charge in [0.2, 0.25) is 0 Å². The highest BCUT2D eigenvalue weighted by Gasteiger charge is 2.12. The van der Waals surface area contributed by atoms with E-state index in [-0.39, 0.29) is 5.54 Å². The Morgan fingerprint density at radius 1 is 1.00 bits per heavy atom. The molecule has 77 valence electrons. The van der Waals surface area contributed by atoms with Gasteiger partial charge in [-0.3, -0.25) is 5.73 Å². The number of fused-ring (bicyclic) bond motifs is 1. The van der Waals surface area contributed by atoms with Crippen molar-refractivity contribution in [1.82, 2.24) is 5.73 Å². The number of hydrogen-bond acceptors (Lipinski definition) is 0. The Kier molecular flexibility index (Phi) is 2.49. The summed E-state index contributed by atoms with van der Waals surface area (Å²) >= 11 is 0. The average molecular weight is 198 g/mol. The van der Waals surface area contributed by atoms with Crippen LogP contribution in [0.4, 0.5) is 0 Å². The fourth-order valence-corrected chi connectivity index (χ4v) is 1.86. The minimum atomic E-state index is -0.386. The fourth-order valence-electron chi connectivity index (χ4n) is 1.86. The van der Waals surface area contributed by atoms with Crippen LogP contribution in [-0.2, 0) is 6.42 Å². The molecule has 0 fully saturated rings. The van der Waals surface area contributed by atoms with Crippen LogP contribution < -0.4 is 5.73 Å². The van der Waals surface area contributed by atoms with Crippen LogP contribution >= 0.6 is 0 Å². The first kappa shape index (κ1) is 10.2. The van der Waals surface area contributed by atoms with Gasteiger partial charge in [0, 0.05) is 5.54 Å². The lowest BCUT2D eigenvalue weighted by Gasteiger charge is -2.17. The smallest absolute Gasteiger partial charge is 0.0307 e. The Balaban J connectivity index is 2.39. The zero-order chi connectivity index (χ0) is 10.9. The normalized spacial score (nSPS) is 11.9. The Morgan fingerprint density at radius 3 is 2.33 bits per heavy atom. The molecule has 1 nitrogen and oxygen atoms in total. The van der Waals surface area contributed by atoms with Crippen LogP contribution in [0.15, 0.2) is 42.5 Å². The second kappa shape index (κ2) is 3.67. The molecular formula is C14H16N. The van der Waals surface area contributed by atoms with E-state index in [4.69, 9.17) is 5.73 Å². The third-order valence-electron chi connectivity index (χ3n) is 2.46. The van der Waals surface area contributed by atoms with Crippen molar-refractivity contribution in [1.29, 1.82) is 0 Å². The third-order valence-corrected chi connectivity index (χ3v) is 2.46. The highest BCUT2D eigenvalue weighted by Crippen LogP contribution is 2.18. The summed E-state index contributed by atoms with van der Waals surface area (Å²) < 4.78 is 0. The fraction of sp³-hybridized carbons (Fsp3) is 0.286. The summed E-state index contributed by atoms with van der Waals surface area (Å²) in [6.07, 6.45) is 0.803. The molecule has 0 spiro atoms. The van der Waals surface area contributed by atoms with Crippen LogP contribution in [0.25, 0.3) is 10.8 Å². The summed E-state index contributed by atoms with van der Waals surface area (Å²) in [4.78, 5) is 0. The van der Waals surface area contributed by atoms with E-state index in [1.165, 1.54) is 16.3 Å². The van der Waals surface area contributed by atoms with Crippen molar-refractivity contribution >= 4 is 10.8 Å². The predicted octanol–water partition coefficient (Wildman–Crippen LogP) is 3.44. The van der Waals surface area contributed by atoms with Gasteiger partial charge in [0.15, 0.2) is 0 Å². The summed E-state index contributed by atoms with van der Waals surface area (Å²) in [6, 6.07) is 14.8. The summed E-state index contributed by atoms with van der Waals surface area (Å²) in [7, 11) is 0. The van der Waals surface area contributed by atoms with Crippen molar-refractivity contribution in [2.45, 2.75) is 25.8 Å². The van der Waals surface area contributed by atoms with E-state index in [2.05, 4.69) is 42.5 Å². The maximum atomic E-state index is 7.88. The Bertz CT molecular complexity index is 466. The molecule has 1 radical (unpaired) electrons. The van der Waals surface area contributed by atoms with Gasteiger partial charge in [-0.25, -0.2) is 0 Å². The molecule has 0 aromatic heterocycles. The van der Waals surface area contributed by atoms with Crippen molar-refractivity contribution in [3.8, 4) is 0 Å². The first-order valence-corrected chi connectivity index (χ1v) is 5.27. The van der Waals surface area contributed by atoms with E-state index in [1.807, 2.05) is 13.8 Å². The minimum Gasteiger partial charge on any atom is -0.251 e. The van der Waals surface area contributed by atoms with Crippen LogP contribution in [0.3, 0.4) is 0 Å². The van der Waals surface area contributed by atoms with Gasteiger partial charge in [-0.05, 0) is 36.6 Å². The van der Waals surface area contributed by atoms with Crippen molar-refractivity contribution in [2.75, 3.05) is 0 Å². The molecule has 0 bridgehead atoms. The molecule has 15 heavy (non-hydrogen) atoms. The van der Waals surface area contributed by atoms with E-state index in [0.717, 1.165) is 6.42 Å². The number of benzene rings is 2. The van der Waals surface area contributed by atoms with Gasteiger partial charge >= 0.3 is 0 Å². The third kappa shape index (κ3) is 2.57. The van der Waals surface area contributed by atoms with Crippen LogP contribution in [0.1, 0.15) is 19.4 Å². The summed E-state index contributed by atoms with van der Waals surface area (Å²) in [6.45, 7) is 3.89. The second-order valence-corrected chi connectivity index (χ2v) is 4.74. The van der Waals surface area contributed by atoms with Gasteiger partial charge in [-0.1, -0.05) is 42.5 Å². The van der Waals surface area contributed by atoms with Crippen LogP contribution in [0.2, 0.25) is 0 Å². The van der Waals surface area contributed by atoms with Crippen molar-refractivity contribution in [3.63, 3.8) is 0 Å². The average Bonchev–Trinajstić information content (AvgIpc) is 2.15. The quantitative estimate of drug-likeness (QED) is 0.706. The largest absolute Gasteiger partial charge is 0.251 e. The predicted molar refractivity (Wildman–Crippen MR) is 64.8 cm³/mol. The molecule has 0 unspecified atom stereocenters. The van der Waals surface area contributed by atoms with E-state index >= 15 is 0 Å². The van der Waals surface area contributed by atoms with Gasteiger partial charge in [-0.2, -0.15) is 0 Å². The molecular weight excluding hydrogens is 182 g/mol. The first-order valence-electron chi connectivity index (χ1n) is 5.27. The topological polar surface area (TPSA) is 23.8 Å². The van der Waals surface area contributed by atoms with Gasteiger partial charge in [0.25, 0.3) is 0 Å². The second-order valence-electron chi connectivity index (χ2n) is 4.74. The maximum Gasteiger partial charge on any atom is 0.0307 e. The molecule has 0 aliphatic heterocycles. The van der Waals surface area contributed by atoms with Crippen LogP contribution in [0, 0.1) is 0 Å². The van der Waals surface area contributed by atoms with Crippen molar-refractivity contribution in [2.24, 2.45) is 0 Å². The van der Waals surface area contributed by atoms with E-state index in [1.54, 1.807) is 0 Å². The van der Waals surface area contributed by atoms with Gasteiger partial charge in [0.1, 0.15) is 0 Å². The van der Waals surface area contributed by atoms with Crippen LogP contribution in [-0.4, -0.2) is 5.54 Å². The summed E-state index contributed by atoms with van der Waals surface area (Å²) in [5.41, 5.74) is 8.74. The molecule has 1 heteroatoms. The first-order chi connectivity index (χ1) is 7.04. The van der Waals surface area contributed by atoms with Gasteiger partial charge in [-0.15, -0.1) is 0 Å². The van der Waals surface area contributed by atoms with Gasteiger partial charge in [0.05, 0.1) is 0 Å². The molecule has 2 aromatic rings. The molecule has 1 N–H and O–H groups in total. The maximum absolute atomic E-state index is 7.88. The SMILES string of the molecule is CC(C)([NH])Cc1ccc2ccccc2c1. The number of hydrogen-bond donors (Lipinski definition) is 0. The monoisotopic (exact) mass is 198 g/mol. The zero-order valence-corrected chi connectivity index (χ0v) is 9.25. The minimum absolute atomic E-state index is 0.386. The lowest BCUT2D eigenvalue weighted by atomic mass is 9.95. The molecule has 2 rings (SSSR count). The highest BCUT2D eigenvalue weighted by molar-refractivity contribution is 5.83. The number of rotatable bonds is 2. The Morgan fingerprint density at radius 2 is 1.67 bits per heavy atom. The Hall–Kier alpha value is -1.34. The lowest BCUT2D eigenvalue weighted by molar-refractivity contribution is 0.498. The zero-order valence-electron chi connectivity index (χ0n) is 9.25. The summed E-state index contributed by atoms with van der Waals surface area (Å²) in [5.74, 6) is 0. The summed E-state index contributed by atoms with van der Waals surface area (Å²) in [5, 5.41) is 2.53.